The van der Waals surface area contributed by atoms with Gasteiger partial charge in [-0.3, -0.25) is 4.40 Å². The normalized spacial score (nSPS) is 12.7. The lowest BCUT2D eigenvalue weighted by Gasteiger charge is -2.25. The van der Waals surface area contributed by atoms with E-state index in [1.54, 1.807) is 23.0 Å². The fourth-order valence-electron chi connectivity index (χ4n) is 2.24. The Bertz CT molecular complexity index is 687. The van der Waals surface area contributed by atoms with Gasteiger partial charge in [0.05, 0.1) is 0 Å². The van der Waals surface area contributed by atoms with E-state index in [2.05, 4.69) is 10.4 Å². The number of sulfonamides is 1. The topological polar surface area (TPSA) is 92.7 Å². The quantitative estimate of drug-likeness (QED) is 0.622. The largest absolute Gasteiger partial charge is 0.306 e. The number of anilines is 1. The van der Waals surface area contributed by atoms with E-state index in [1.165, 1.54) is 15.6 Å². The number of fused-ring (bicyclic) bond motifs is 1. The Morgan fingerprint density at radius 2 is 2.15 bits per heavy atom. The number of nitrogen functional groups attached to an aromatic ring is 1. The van der Waals surface area contributed by atoms with Gasteiger partial charge in [0.1, 0.15) is 0 Å². The summed E-state index contributed by atoms with van der Waals surface area (Å²) in [5.41, 5.74) is 2.38. The Morgan fingerprint density at radius 1 is 1.50 bits per heavy atom. The molecular weight excluding hydrogens is 298 g/mol. The van der Waals surface area contributed by atoms with Crippen molar-refractivity contribution in [1.82, 2.24) is 13.7 Å². The summed E-state index contributed by atoms with van der Waals surface area (Å²) in [4.78, 5) is 4.78. The lowest BCUT2D eigenvalue weighted by molar-refractivity contribution is 0.348. The molecule has 0 saturated heterocycles. The molecule has 112 valence electrons. The Morgan fingerprint density at radius 3 is 2.70 bits per heavy atom. The zero-order valence-corrected chi connectivity index (χ0v) is 13.3. The van der Waals surface area contributed by atoms with Crippen molar-refractivity contribution in [2.45, 2.75) is 37.8 Å². The molecule has 0 aliphatic heterocycles. The van der Waals surface area contributed by atoms with Crippen molar-refractivity contribution in [1.29, 1.82) is 0 Å². The van der Waals surface area contributed by atoms with Gasteiger partial charge in [0.2, 0.25) is 5.03 Å². The lowest BCUT2D eigenvalue weighted by Crippen LogP contribution is -2.37. The number of aromatic nitrogens is 2. The summed E-state index contributed by atoms with van der Waals surface area (Å²) in [7, 11) is -2.06. The van der Waals surface area contributed by atoms with Crippen LogP contribution in [0.15, 0.2) is 16.6 Å². The molecule has 2 rings (SSSR count). The summed E-state index contributed by atoms with van der Waals surface area (Å²) in [6.07, 6.45) is 3.19. The first-order chi connectivity index (χ1) is 9.47. The molecule has 2 aromatic rings. The van der Waals surface area contributed by atoms with Crippen molar-refractivity contribution in [3.63, 3.8) is 0 Å². The van der Waals surface area contributed by atoms with Gasteiger partial charge in [0, 0.05) is 24.7 Å². The van der Waals surface area contributed by atoms with Crippen LogP contribution in [-0.2, 0) is 10.0 Å². The maximum atomic E-state index is 12.8. The number of nitrogens with one attached hydrogen (secondary N) is 1. The Kier molecular flexibility index (Phi) is 4.33. The van der Waals surface area contributed by atoms with Crippen LogP contribution in [-0.4, -0.2) is 35.2 Å². The van der Waals surface area contributed by atoms with Crippen LogP contribution in [0.1, 0.15) is 26.7 Å². The monoisotopic (exact) mass is 317 g/mol. The average molecular weight is 317 g/mol. The van der Waals surface area contributed by atoms with E-state index in [-0.39, 0.29) is 16.9 Å². The van der Waals surface area contributed by atoms with E-state index in [4.69, 9.17) is 5.84 Å². The van der Waals surface area contributed by atoms with Gasteiger partial charge < -0.3 is 5.43 Å². The molecule has 9 heteroatoms. The first-order valence-corrected chi connectivity index (χ1v) is 8.69. The van der Waals surface area contributed by atoms with Gasteiger partial charge in [-0.05, 0) is 12.8 Å². The molecule has 0 spiro atoms. The highest BCUT2D eigenvalue weighted by Crippen LogP contribution is 2.28. The van der Waals surface area contributed by atoms with Crippen LogP contribution in [0.25, 0.3) is 4.96 Å². The van der Waals surface area contributed by atoms with Gasteiger partial charge in [0.15, 0.2) is 10.8 Å². The van der Waals surface area contributed by atoms with Crippen molar-refractivity contribution in [2.24, 2.45) is 5.84 Å². The molecule has 0 radical (unpaired) electrons. The highest BCUT2D eigenvalue weighted by molar-refractivity contribution is 7.89. The Balaban J connectivity index is 2.58. The third kappa shape index (κ3) is 2.30. The second-order valence-corrected chi connectivity index (χ2v) is 7.24. The van der Waals surface area contributed by atoms with Crippen LogP contribution in [0.5, 0.6) is 0 Å². The zero-order valence-electron chi connectivity index (χ0n) is 11.7. The van der Waals surface area contributed by atoms with Gasteiger partial charge in [-0.2, -0.15) is 9.29 Å². The molecule has 0 bridgehead atoms. The molecule has 0 fully saturated rings. The van der Waals surface area contributed by atoms with Gasteiger partial charge in [-0.25, -0.2) is 14.3 Å². The number of nitrogens with two attached hydrogens (primary N) is 1. The maximum absolute atomic E-state index is 12.8. The number of hydrogen-bond donors (Lipinski definition) is 2. The fraction of sp³-hybridized carbons (Fsp3) is 0.545. The first kappa shape index (κ1) is 15.2. The van der Waals surface area contributed by atoms with Crippen molar-refractivity contribution >= 4 is 32.1 Å². The average Bonchev–Trinajstić information content (AvgIpc) is 2.98. The van der Waals surface area contributed by atoms with Crippen molar-refractivity contribution in [3.05, 3.63) is 11.6 Å². The summed E-state index contributed by atoms with van der Waals surface area (Å²) < 4.78 is 28.6. The molecular formula is C11H19N5O2S2. The molecule has 0 aromatic carbocycles. The smallest absolute Gasteiger partial charge is 0.262 e. The third-order valence-electron chi connectivity index (χ3n) is 3.44. The van der Waals surface area contributed by atoms with E-state index in [1.807, 2.05) is 13.8 Å². The molecule has 0 unspecified atom stereocenters. The van der Waals surface area contributed by atoms with E-state index in [0.717, 1.165) is 12.8 Å². The molecule has 0 aliphatic rings. The van der Waals surface area contributed by atoms with Crippen LogP contribution < -0.4 is 11.3 Å². The summed E-state index contributed by atoms with van der Waals surface area (Å²) in [5.74, 6) is 5.58. The molecule has 2 heterocycles. The molecule has 0 aliphatic carbocycles. The second kappa shape index (κ2) is 5.68. The van der Waals surface area contributed by atoms with Crippen molar-refractivity contribution < 1.29 is 8.42 Å². The third-order valence-corrected chi connectivity index (χ3v) is 6.13. The van der Waals surface area contributed by atoms with Crippen LogP contribution in [0, 0.1) is 0 Å². The molecule has 2 aromatic heterocycles. The molecule has 3 N–H and O–H groups in total. The number of nitrogens with zero attached hydrogens (tertiary/aromatic N) is 3. The molecule has 7 nitrogen and oxygen atoms in total. The number of hydrazine groups is 1. The standard InChI is InChI=1S/C11H19N5O2S2/c1-4-8(5-2)15(3)20(17,18)10-9(14-12)13-11-16(10)6-7-19-11/h6-8,14H,4-5,12H2,1-3H3. The highest BCUT2D eigenvalue weighted by Gasteiger charge is 2.32. The lowest BCUT2D eigenvalue weighted by atomic mass is 10.2. The van der Waals surface area contributed by atoms with E-state index >= 15 is 0 Å². The minimum Gasteiger partial charge on any atom is -0.306 e. The van der Waals surface area contributed by atoms with E-state index in [0.29, 0.717) is 4.96 Å². The number of hydrogen-bond acceptors (Lipinski definition) is 6. The SMILES string of the molecule is CCC(CC)N(C)S(=O)(=O)c1c(NN)nc2sccn12. The van der Waals surface area contributed by atoms with Crippen molar-refractivity contribution in [3.8, 4) is 0 Å². The van der Waals surface area contributed by atoms with Gasteiger partial charge >= 0.3 is 0 Å². The van der Waals surface area contributed by atoms with Crippen LogP contribution in [0.4, 0.5) is 5.82 Å². The maximum Gasteiger partial charge on any atom is 0.262 e. The molecule has 0 atom stereocenters. The predicted molar refractivity (Wildman–Crippen MR) is 80.2 cm³/mol. The fourth-order valence-corrected chi connectivity index (χ4v) is 4.72. The minimum atomic E-state index is -3.66. The highest BCUT2D eigenvalue weighted by atomic mass is 32.2. The zero-order chi connectivity index (χ0) is 14.9. The van der Waals surface area contributed by atoms with Crippen molar-refractivity contribution in [2.75, 3.05) is 12.5 Å². The summed E-state index contributed by atoms with van der Waals surface area (Å²) in [6.45, 7) is 3.94. The number of rotatable bonds is 6. The van der Waals surface area contributed by atoms with Gasteiger partial charge in [-0.1, -0.05) is 13.8 Å². The van der Waals surface area contributed by atoms with Crippen LogP contribution in [0.3, 0.4) is 0 Å². The van der Waals surface area contributed by atoms with Crippen LogP contribution >= 0.6 is 11.3 Å². The summed E-state index contributed by atoms with van der Waals surface area (Å²) >= 11 is 1.36. The Hall–Kier alpha value is -1.16. The molecule has 0 saturated carbocycles. The molecule has 0 amide bonds. The minimum absolute atomic E-state index is 0.0465. The first-order valence-electron chi connectivity index (χ1n) is 6.37. The second-order valence-electron chi connectivity index (χ2n) is 4.46. The van der Waals surface area contributed by atoms with E-state index < -0.39 is 10.0 Å². The number of thiazole rings is 1. The van der Waals surface area contributed by atoms with Gasteiger partial charge in [-0.15, -0.1) is 11.3 Å². The summed E-state index contributed by atoms with van der Waals surface area (Å²) in [5, 5.41) is 1.88. The van der Waals surface area contributed by atoms with E-state index in [9.17, 15) is 8.42 Å². The van der Waals surface area contributed by atoms with Crippen LogP contribution in [0.2, 0.25) is 0 Å². The Labute approximate surface area is 122 Å². The summed E-state index contributed by atoms with van der Waals surface area (Å²) in [6, 6.07) is -0.0465. The number of imidazole rings is 1. The molecule has 20 heavy (non-hydrogen) atoms. The van der Waals surface area contributed by atoms with Gasteiger partial charge in [0.25, 0.3) is 10.0 Å². The predicted octanol–water partition coefficient (Wildman–Crippen LogP) is 1.49.